The largest absolute Gasteiger partial charge is 0.314 e. The van der Waals surface area contributed by atoms with E-state index in [4.69, 9.17) is 0 Å². The van der Waals surface area contributed by atoms with E-state index in [1.54, 1.807) is 0 Å². The minimum atomic E-state index is 0.664. The zero-order valence-corrected chi connectivity index (χ0v) is 13.6. The first-order chi connectivity index (χ1) is 10.3. The van der Waals surface area contributed by atoms with Gasteiger partial charge in [0.05, 0.1) is 22.1 Å². The van der Waals surface area contributed by atoms with Crippen LogP contribution < -0.4 is 5.32 Å². The fourth-order valence-electron chi connectivity index (χ4n) is 3.26. The van der Waals surface area contributed by atoms with Crippen LogP contribution in [0, 0.1) is 0 Å². The van der Waals surface area contributed by atoms with Gasteiger partial charge in [-0.1, -0.05) is 12.1 Å². The number of halogens is 1. The van der Waals surface area contributed by atoms with E-state index in [0.29, 0.717) is 12.0 Å². The van der Waals surface area contributed by atoms with Crippen LogP contribution in [0.2, 0.25) is 0 Å². The Morgan fingerprint density at radius 3 is 2.67 bits per heavy atom. The molecule has 1 atom stereocenters. The summed E-state index contributed by atoms with van der Waals surface area (Å²) in [5.74, 6) is 0.684. The van der Waals surface area contributed by atoms with E-state index >= 15 is 0 Å². The summed E-state index contributed by atoms with van der Waals surface area (Å²) in [6, 6.07) is 9.57. The maximum absolute atomic E-state index is 4.54. The number of aromatic nitrogens is 2. The van der Waals surface area contributed by atoms with Gasteiger partial charge in [-0.05, 0) is 72.3 Å². The third kappa shape index (κ3) is 2.79. The highest BCUT2D eigenvalue weighted by Crippen LogP contribution is 2.43. The molecule has 1 N–H and O–H groups in total. The van der Waals surface area contributed by atoms with Crippen molar-refractivity contribution in [2.75, 3.05) is 6.54 Å². The second kappa shape index (κ2) is 5.58. The Morgan fingerprint density at radius 2 is 2.00 bits per heavy atom. The van der Waals surface area contributed by atoms with Crippen LogP contribution in [-0.2, 0) is 6.42 Å². The van der Waals surface area contributed by atoms with Gasteiger partial charge >= 0.3 is 0 Å². The number of nitrogens with one attached hydrogen (secondary N) is 1. The first-order valence-electron chi connectivity index (χ1n) is 7.87. The lowest BCUT2D eigenvalue weighted by Gasteiger charge is -2.11. The Labute approximate surface area is 133 Å². The molecular formula is C17H20BrN3. The van der Waals surface area contributed by atoms with Gasteiger partial charge in [0.2, 0.25) is 0 Å². The van der Waals surface area contributed by atoms with Crippen LogP contribution in [-0.4, -0.2) is 22.4 Å². The monoisotopic (exact) mass is 345 g/mol. The first kappa shape index (κ1) is 13.5. The number of hydrogen-bond donors (Lipinski definition) is 1. The molecule has 21 heavy (non-hydrogen) atoms. The maximum Gasteiger partial charge on any atom is 0.0649 e. The second-order valence-electron chi connectivity index (χ2n) is 6.23. The Balaban J connectivity index is 1.55. The summed E-state index contributed by atoms with van der Waals surface area (Å²) in [6.45, 7) is 1.18. The van der Waals surface area contributed by atoms with Crippen LogP contribution in [0.15, 0.2) is 34.9 Å². The molecule has 110 valence electrons. The molecule has 2 heterocycles. The highest BCUT2D eigenvalue weighted by Gasteiger charge is 2.30. The first-order valence-corrected chi connectivity index (χ1v) is 8.66. The minimum Gasteiger partial charge on any atom is -0.314 e. The van der Waals surface area contributed by atoms with Gasteiger partial charge in [-0.3, -0.25) is 0 Å². The summed E-state index contributed by atoms with van der Waals surface area (Å²) in [5.41, 5.74) is 3.92. The van der Waals surface area contributed by atoms with E-state index < -0.39 is 0 Å². The van der Waals surface area contributed by atoms with E-state index in [0.717, 1.165) is 10.9 Å². The lowest BCUT2D eigenvalue weighted by molar-refractivity contribution is 0.603. The molecule has 2 aliphatic rings. The van der Waals surface area contributed by atoms with Gasteiger partial charge in [0.15, 0.2) is 0 Å². The predicted molar refractivity (Wildman–Crippen MR) is 88.0 cm³/mol. The van der Waals surface area contributed by atoms with Crippen molar-refractivity contribution in [3.05, 3.63) is 46.2 Å². The Kier molecular flexibility index (Phi) is 3.59. The second-order valence-corrected chi connectivity index (χ2v) is 7.08. The lowest BCUT2D eigenvalue weighted by Crippen LogP contribution is -2.23. The average Bonchev–Trinajstić information content (AvgIpc) is 3.06. The van der Waals surface area contributed by atoms with Crippen molar-refractivity contribution in [1.82, 2.24) is 15.1 Å². The van der Waals surface area contributed by atoms with E-state index in [-0.39, 0.29) is 0 Å². The molecule has 1 aromatic heterocycles. The number of benzene rings is 1. The van der Waals surface area contributed by atoms with Crippen molar-refractivity contribution < 1.29 is 0 Å². The Bertz CT molecular complexity index is 622. The maximum atomic E-state index is 4.54. The molecule has 1 aliphatic carbocycles. The van der Waals surface area contributed by atoms with Crippen LogP contribution in [0.25, 0.3) is 5.69 Å². The van der Waals surface area contributed by atoms with Crippen molar-refractivity contribution in [3.8, 4) is 5.69 Å². The van der Waals surface area contributed by atoms with Crippen molar-refractivity contribution in [3.63, 3.8) is 0 Å². The van der Waals surface area contributed by atoms with Gasteiger partial charge < -0.3 is 5.32 Å². The quantitative estimate of drug-likeness (QED) is 0.913. The van der Waals surface area contributed by atoms with Crippen molar-refractivity contribution in [2.45, 2.75) is 44.1 Å². The van der Waals surface area contributed by atoms with Crippen LogP contribution in [0.4, 0.5) is 0 Å². The predicted octanol–water partition coefficient (Wildman–Crippen LogP) is 3.81. The minimum absolute atomic E-state index is 0.664. The number of nitrogens with zero attached hydrogens (tertiary/aromatic N) is 2. The molecule has 2 fully saturated rings. The van der Waals surface area contributed by atoms with Crippen LogP contribution in [0.1, 0.15) is 42.9 Å². The molecule has 1 saturated carbocycles. The van der Waals surface area contributed by atoms with Crippen LogP contribution >= 0.6 is 15.9 Å². The molecule has 1 aliphatic heterocycles. The third-order valence-corrected chi connectivity index (χ3v) is 5.16. The smallest absolute Gasteiger partial charge is 0.0649 e. The van der Waals surface area contributed by atoms with Gasteiger partial charge in [-0.15, -0.1) is 0 Å². The molecule has 4 rings (SSSR count). The highest BCUT2D eigenvalue weighted by molar-refractivity contribution is 9.10. The van der Waals surface area contributed by atoms with Gasteiger partial charge in [-0.25, -0.2) is 4.68 Å². The van der Waals surface area contributed by atoms with Gasteiger partial charge in [0.25, 0.3) is 0 Å². The summed E-state index contributed by atoms with van der Waals surface area (Å²) in [7, 11) is 0. The summed E-state index contributed by atoms with van der Waals surface area (Å²) < 4.78 is 3.24. The fourth-order valence-corrected chi connectivity index (χ4v) is 3.84. The van der Waals surface area contributed by atoms with E-state index in [1.807, 2.05) is 6.20 Å². The number of hydrogen-bond acceptors (Lipinski definition) is 2. The molecule has 1 unspecified atom stereocenters. The van der Waals surface area contributed by atoms with Crippen LogP contribution in [0.5, 0.6) is 0 Å². The van der Waals surface area contributed by atoms with Crippen molar-refractivity contribution >= 4 is 15.9 Å². The summed E-state index contributed by atoms with van der Waals surface area (Å²) in [4.78, 5) is 0. The van der Waals surface area contributed by atoms with Crippen molar-refractivity contribution in [2.24, 2.45) is 0 Å². The fraction of sp³-hybridized carbons (Fsp3) is 0.471. The standard InChI is InChI=1S/C17H20BrN3/c18-16-11-20-21(17(16)13-5-6-13)15-7-3-12(4-8-15)10-14-2-1-9-19-14/h3-4,7-8,11,13-14,19H,1-2,5-6,9-10H2. The van der Waals surface area contributed by atoms with E-state index in [1.165, 1.54) is 49.2 Å². The molecular weight excluding hydrogens is 326 g/mol. The van der Waals surface area contributed by atoms with E-state index in [2.05, 4.69) is 55.3 Å². The molecule has 4 heteroatoms. The molecule has 0 spiro atoms. The molecule has 0 radical (unpaired) electrons. The van der Waals surface area contributed by atoms with E-state index in [9.17, 15) is 0 Å². The zero-order valence-electron chi connectivity index (χ0n) is 12.1. The molecule has 3 nitrogen and oxygen atoms in total. The van der Waals surface area contributed by atoms with Gasteiger partial charge in [0, 0.05) is 12.0 Å². The Hall–Kier alpha value is -1.13. The summed E-state index contributed by atoms with van der Waals surface area (Å²) in [6.07, 6.45) is 8.25. The molecule has 1 aromatic carbocycles. The molecule has 1 saturated heterocycles. The lowest BCUT2D eigenvalue weighted by atomic mass is 10.0. The zero-order chi connectivity index (χ0) is 14.2. The molecule has 0 bridgehead atoms. The average molecular weight is 346 g/mol. The normalized spacial score (nSPS) is 21.9. The Morgan fingerprint density at radius 1 is 1.19 bits per heavy atom. The SMILES string of the molecule is Brc1cnn(-c2ccc(CC3CCCN3)cc2)c1C1CC1. The summed E-state index contributed by atoms with van der Waals surface area (Å²) >= 11 is 3.64. The molecule has 2 aromatic rings. The number of rotatable bonds is 4. The van der Waals surface area contributed by atoms with Crippen molar-refractivity contribution in [1.29, 1.82) is 0 Å². The summed E-state index contributed by atoms with van der Waals surface area (Å²) in [5, 5.41) is 8.10. The highest BCUT2D eigenvalue weighted by atomic mass is 79.9. The molecule has 0 amide bonds. The topological polar surface area (TPSA) is 29.9 Å². The third-order valence-electron chi connectivity index (χ3n) is 4.55. The van der Waals surface area contributed by atoms with Crippen LogP contribution in [0.3, 0.4) is 0 Å². The van der Waals surface area contributed by atoms with Gasteiger partial charge in [0.1, 0.15) is 0 Å². The van der Waals surface area contributed by atoms with Gasteiger partial charge in [-0.2, -0.15) is 5.10 Å².